The van der Waals surface area contributed by atoms with Crippen LogP contribution in [0.2, 0.25) is 10.0 Å². The van der Waals surface area contributed by atoms with Gasteiger partial charge in [-0.3, -0.25) is 4.79 Å². The fourth-order valence-electron chi connectivity index (χ4n) is 4.05. The van der Waals surface area contributed by atoms with E-state index in [1.165, 1.54) is 24.3 Å². The predicted octanol–water partition coefficient (Wildman–Crippen LogP) is 4.89. The number of aliphatic hydroxyl groups excluding tert-OH is 1. The molecule has 36 heavy (non-hydrogen) atoms. The Kier molecular flexibility index (Phi) is 7.65. The number of hydrogen-bond acceptors (Lipinski definition) is 6. The lowest BCUT2D eigenvalue weighted by Gasteiger charge is -2.15. The predicted molar refractivity (Wildman–Crippen MR) is 140 cm³/mol. The summed E-state index contributed by atoms with van der Waals surface area (Å²) in [7, 11) is -6.68. The fourth-order valence-corrected chi connectivity index (χ4v) is 7.09. The molecule has 0 heterocycles. The molecule has 0 amide bonds. The van der Waals surface area contributed by atoms with Gasteiger partial charge in [-0.15, -0.1) is 0 Å². The Bertz CT molecular complexity index is 1490. The van der Waals surface area contributed by atoms with E-state index in [4.69, 9.17) is 23.2 Å². The zero-order valence-corrected chi connectivity index (χ0v) is 22.5. The number of carbonyl (C=O) groups excluding carboxylic acids is 1. The highest BCUT2D eigenvalue weighted by molar-refractivity contribution is 7.92. The Balaban J connectivity index is 1.54. The summed E-state index contributed by atoms with van der Waals surface area (Å²) in [5.74, 6) is -1.11. The van der Waals surface area contributed by atoms with E-state index in [9.17, 15) is 26.7 Å². The summed E-state index contributed by atoms with van der Waals surface area (Å²) >= 11 is 13.0. The molecular weight excluding hydrogens is 543 g/mol. The second-order valence-electron chi connectivity index (χ2n) is 8.92. The van der Waals surface area contributed by atoms with Crippen molar-refractivity contribution in [3.63, 3.8) is 0 Å². The van der Waals surface area contributed by atoms with Crippen molar-refractivity contribution in [3.8, 4) is 11.1 Å². The van der Waals surface area contributed by atoms with Gasteiger partial charge < -0.3 is 5.11 Å². The highest BCUT2D eigenvalue weighted by Crippen LogP contribution is 2.38. The monoisotopic (exact) mass is 566 g/mol. The van der Waals surface area contributed by atoms with E-state index >= 15 is 0 Å². The molecule has 0 aromatic heterocycles. The van der Waals surface area contributed by atoms with E-state index in [1.54, 1.807) is 36.4 Å². The zero-order valence-electron chi connectivity index (χ0n) is 19.3. The van der Waals surface area contributed by atoms with Gasteiger partial charge in [0.1, 0.15) is 5.78 Å². The summed E-state index contributed by atoms with van der Waals surface area (Å²) in [6, 6.07) is 15.5. The van der Waals surface area contributed by atoms with E-state index in [0.717, 1.165) is 6.26 Å². The lowest BCUT2D eigenvalue weighted by Crippen LogP contribution is -2.18. The Morgan fingerprint density at radius 1 is 0.917 bits per heavy atom. The molecule has 4 rings (SSSR count). The van der Waals surface area contributed by atoms with Crippen LogP contribution in [0.5, 0.6) is 0 Å². The molecule has 3 aromatic carbocycles. The molecule has 0 bridgehead atoms. The zero-order chi connectivity index (χ0) is 26.3. The smallest absolute Gasteiger partial charge is 0.181 e. The van der Waals surface area contributed by atoms with Crippen molar-refractivity contribution >= 4 is 48.7 Å². The van der Waals surface area contributed by atoms with Crippen LogP contribution < -0.4 is 0 Å². The lowest BCUT2D eigenvalue weighted by molar-refractivity contribution is -0.120. The molecule has 0 saturated heterocycles. The van der Waals surface area contributed by atoms with Crippen LogP contribution in [0.1, 0.15) is 29.9 Å². The lowest BCUT2D eigenvalue weighted by atomic mass is 9.91. The third-order valence-corrected chi connectivity index (χ3v) is 10.2. The maximum atomic E-state index is 13.0. The molecule has 1 unspecified atom stereocenters. The van der Waals surface area contributed by atoms with E-state index in [2.05, 4.69) is 0 Å². The minimum Gasteiger partial charge on any atom is -0.395 e. The SMILES string of the molecule is CS(=O)(=O)c1ccc(C(CO)C(=O)Cc2cc(Cl)c(-c3ccc(S(=O)(=O)C4CC4)cc3)c(Cl)c2)cc1. The first-order valence-electron chi connectivity index (χ1n) is 11.2. The first-order chi connectivity index (χ1) is 16.9. The maximum absolute atomic E-state index is 13.0. The first kappa shape index (κ1) is 26.8. The van der Waals surface area contributed by atoms with Gasteiger partial charge in [0.25, 0.3) is 0 Å². The molecule has 6 nitrogen and oxygen atoms in total. The highest BCUT2D eigenvalue weighted by Gasteiger charge is 2.36. The highest BCUT2D eigenvalue weighted by atomic mass is 35.5. The summed E-state index contributed by atoms with van der Waals surface area (Å²) in [4.78, 5) is 13.4. The molecule has 190 valence electrons. The van der Waals surface area contributed by atoms with Crippen LogP contribution in [0.3, 0.4) is 0 Å². The second kappa shape index (κ2) is 10.3. The third kappa shape index (κ3) is 5.68. The number of hydrogen-bond donors (Lipinski definition) is 1. The minimum atomic E-state index is -3.37. The molecule has 1 fully saturated rings. The summed E-state index contributed by atoms with van der Waals surface area (Å²) in [5, 5.41) is 10.2. The topological polar surface area (TPSA) is 106 Å². The average Bonchev–Trinajstić information content (AvgIpc) is 3.65. The molecule has 0 radical (unpaired) electrons. The van der Waals surface area contributed by atoms with E-state index in [0.29, 0.717) is 45.1 Å². The summed E-state index contributed by atoms with van der Waals surface area (Å²) in [6.45, 7) is -0.438. The summed E-state index contributed by atoms with van der Waals surface area (Å²) in [6.07, 6.45) is 2.42. The average molecular weight is 568 g/mol. The van der Waals surface area contributed by atoms with Gasteiger partial charge >= 0.3 is 0 Å². The van der Waals surface area contributed by atoms with E-state index in [1.807, 2.05) is 0 Å². The van der Waals surface area contributed by atoms with Crippen LogP contribution in [-0.4, -0.2) is 45.8 Å². The number of halogens is 2. The molecule has 0 aliphatic heterocycles. The van der Waals surface area contributed by atoms with Crippen molar-refractivity contribution in [2.24, 2.45) is 0 Å². The van der Waals surface area contributed by atoms with Crippen molar-refractivity contribution in [1.29, 1.82) is 0 Å². The molecule has 3 aromatic rings. The van der Waals surface area contributed by atoms with Crippen LogP contribution in [0.25, 0.3) is 11.1 Å². The number of aliphatic hydroxyl groups is 1. The van der Waals surface area contributed by atoms with Crippen LogP contribution in [0, 0.1) is 0 Å². The van der Waals surface area contributed by atoms with Gasteiger partial charge in [-0.1, -0.05) is 47.5 Å². The fraction of sp³-hybridized carbons (Fsp3) is 0.269. The van der Waals surface area contributed by atoms with Gasteiger partial charge in [0.15, 0.2) is 19.7 Å². The number of carbonyl (C=O) groups is 1. The van der Waals surface area contributed by atoms with E-state index < -0.39 is 32.2 Å². The Hall–Kier alpha value is -2.23. The molecule has 1 aliphatic carbocycles. The Morgan fingerprint density at radius 2 is 1.44 bits per heavy atom. The molecule has 1 aliphatic rings. The molecule has 0 spiro atoms. The molecule has 10 heteroatoms. The van der Waals surface area contributed by atoms with Gasteiger partial charge in [-0.05, 0) is 65.9 Å². The van der Waals surface area contributed by atoms with Crippen molar-refractivity contribution < 1.29 is 26.7 Å². The van der Waals surface area contributed by atoms with Gasteiger partial charge in [0.2, 0.25) is 0 Å². The minimum absolute atomic E-state index is 0.0443. The van der Waals surface area contributed by atoms with Gasteiger partial charge in [-0.2, -0.15) is 0 Å². The van der Waals surface area contributed by atoms with Crippen molar-refractivity contribution in [3.05, 3.63) is 81.8 Å². The number of benzene rings is 3. The summed E-state index contributed by atoms with van der Waals surface area (Å²) < 4.78 is 48.2. The Morgan fingerprint density at radius 3 is 1.92 bits per heavy atom. The number of sulfone groups is 2. The third-order valence-electron chi connectivity index (χ3n) is 6.20. The molecule has 1 N–H and O–H groups in total. The van der Waals surface area contributed by atoms with Crippen LogP contribution >= 0.6 is 23.2 Å². The van der Waals surface area contributed by atoms with Crippen LogP contribution in [-0.2, 0) is 30.9 Å². The number of ketones is 1. The normalized spacial score (nSPS) is 15.0. The van der Waals surface area contributed by atoms with Gasteiger partial charge in [0.05, 0.1) is 37.6 Å². The van der Waals surface area contributed by atoms with Crippen LogP contribution in [0.15, 0.2) is 70.5 Å². The first-order valence-corrected chi connectivity index (χ1v) is 15.4. The van der Waals surface area contributed by atoms with E-state index in [-0.39, 0.29) is 27.2 Å². The standard InChI is InChI=1S/C26H24Cl2O6S2/c1-35(31,32)19-6-2-17(3-7-19)22(15-29)25(30)14-16-12-23(27)26(24(28)13-16)18-4-8-20(9-5-18)36(33,34)21-10-11-21/h2-9,12-13,21-22,29H,10-11,14-15H2,1H3. The maximum Gasteiger partial charge on any atom is 0.181 e. The van der Waals surface area contributed by atoms with Crippen molar-refractivity contribution in [2.75, 3.05) is 12.9 Å². The molecule has 1 atom stereocenters. The molecule has 1 saturated carbocycles. The van der Waals surface area contributed by atoms with Crippen LogP contribution in [0.4, 0.5) is 0 Å². The Labute approximate surface area is 220 Å². The number of rotatable bonds is 9. The van der Waals surface area contributed by atoms with Crippen molar-refractivity contribution in [2.45, 2.75) is 40.2 Å². The van der Waals surface area contributed by atoms with Gasteiger partial charge in [0, 0.05) is 18.2 Å². The summed E-state index contributed by atoms with van der Waals surface area (Å²) in [5.41, 5.74) is 2.24. The number of Topliss-reactive ketones (excluding diaryl/α,β-unsaturated/α-hetero) is 1. The van der Waals surface area contributed by atoms with Gasteiger partial charge in [-0.25, -0.2) is 16.8 Å². The van der Waals surface area contributed by atoms with Crippen molar-refractivity contribution in [1.82, 2.24) is 0 Å². The quantitative estimate of drug-likeness (QED) is 0.395. The second-order valence-corrected chi connectivity index (χ2v) is 14.0. The largest absolute Gasteiger partial charge is 0.395 e. The molecular formula is C26H24Cl2O6S2.